The number of alkyl halides is 5. The lowest BCUT2D eigenvalue weighted by Crippen LogP contribution is -2.29. The maximum Gasteiger partial charge on any atom is 0.573 e. The maximum absolute atomic E-state index is 14.5. The van der Waals surface area contributed by atoms with Gasteiger partial charge in [0.2, 0.25) is 0 Å². The van der Waals surface area contributed by atoms with Crippen molar-refractivity contribution >= 4 is 5.97 Å². The fourth-order valence-electron chi connectivity index (χ4n) is 3.47. The molecule has 186 valence electrons. The molecular weight excluding hydrogens is 480 g/mol. The van der Waals surface area contributed by atoms with E-state index in [1.807, 2.05) is 6.92 Å². The highest BCUT2D eigenvalue weighted by Gasteiger charge is 2.39. The molecule has 0 aromatic heterocycles. The van der Waals surface area contributed by atoms with Crippen molar-refractivity contribution in [3.63, 3.8) is 0 Å². The van der Waals surface area contributed by atoms with Crippen LogP contribution in [0.15, 0.2) is 30.3 Å². The first kappa shape index (κ1) is 25.7. The molecular formula is C22H18F8O4. The van der Waals surface area contributed by atoms with E-state index in [1.54, 1.807) is 0 Å². The molecule has 0 aliphatic heterocycles. The van der Waals surface area contributed by atoms with Gasteiger partial charge in [-0.05, 0) is 55.9 Å². The van der Waals surface area contributed by atoms with Crippen LogP contribution >= 0.6 is 0 Å². The Labute approximate surface area is 188 Å². The van der Waals surface area contributed by atoms with Gasteiger partial charge in [0.15, 0.2) is 11.6 Å². The molecule has 0 bridgehead atoms. The van der Waals surface area contributed by atoms with Crippen molar-refractivity contribution in [2.75, 3.05) is 0 Å². The molecule has 0 N–H and O–H groups in total. The molecule has 0 amide bonds. The third-order valence-electron chi connectivity index (χ3n) is 5.20. The summed E-state index contributed by atoms with van der Waals surface area (Å²) in [5.74, 6) is -8.28. The monoisotopic (exact) mass is 498 g/mol. The number of carbonyl (C=O) groups is 1. The molecule has 2 aromatic rings. The first-order valence-electron chi connectivity index (χ1n) is 10.1. The Morgan fingerprint density at radius 1 is 0.882 bits per heavy atom. The zero-order chi connectivity index (χ0) is 25.3. The number of ether oxygens (including phenoxy) is 3. The van der Waals surface area contributed by atoms with Gasteiger partial charge in [0.25, 0.3) is 0 Å². The molecule has 2 aromatic carbocycles. The minimum atomic E-state index is -5.19. The van der Waals surface area contributed by atoms with Gasteiger partial charge in [-0.15, -0.1) is 13.2 Å². The SMILES string of the molecule is CC1CCC(OC(F)(F)c2cc(F)c(C(=O)Oc3ccc(OC(F)(F)F)c(F)c3)c(F)c2)CC1. The van der Waals surface area contributed by atoms with E-state index in [-0.39, 0.29) is 12.1 Å². The van der Waals surface area contributed by atoms with Crippen LogP contribution in [0.2, 0.25) is 0 Å². The van der Waals surface area contributed by atoms with Crippen LogP contribution in [0.1, 0.15) is 48.5 Å². The number of carbonyl (C=O) groups excluding carboxylic acids is 1. The first-order valence-corrected chi connectivity index (χ1v) is 10.1. The molecule has 3 rings (SSSR count). The fraction of sp³-hybridized carbons (Fsp3) is 0.409. The van der Waals surface area contributed by atoms with E-state index in [2.05, 4.69) is 9.47 Å². The van der Waals surface area contributed by atoms with Gasteiger partial charge >= 0.3 is 18.4 Å². The second-order valence-electron chi connectivity index (χ2n) is 7.86. The molecule has 4 nitrogen and oxygen atoms in total. The summed E-state index contributed by atoms with van der Waals surface area (Å²) < 4.78 is 121. The van der Waals surface area contributed by atoms with Gasteiger partial charge in [0.05, 0.1) is 11.7 Å². The van der Waals surface area contributed by atoms with E-state index in [9.17, 15) is 39.9 Å². The lowest BCUT2D eigenvalue weighted by Gasteiger charge is -2.30. The Kier molecular flexibility index (Phi) is 7.39. The fourth-order valence-corrected chi connectivity index (χ4v) is 3.47. The van der Waals surface area contributed by atoms with E-state index in [1.165, 1.54) is 0 Å². The Bertz CT molecular complexity index is 1020. The van der Waals surface area contributed by atoms with Crippen molar-refractivity contribution in [1.82, 2.24) is 0 Å². The molecule has 1 aliphatic rings. The van der Waals surface area contributed by atoms with Crippen molar-refractivity contribution in [2.45, 2.75) is 51.2 Å². The normalized spacial score (nSPS) is 19.1. The Morgan fingerprint density at radius 2 is 1.47 bits per heavy atom. The van der Waals surface area contributed by atoms with Crippen molar-refractivity contribution in [1.29, 1.82) is 0 Å². The molecule has 0 atom stereocenters. The minimum Gasteiger partial charge on any atom is -0.423 e. The number of hydrogen-bond donors (Lipinski definition) is 0. The smallest absolute Gasteiger partial charge is 0.423 e. The largest absolute Gasteiger partial charge is 0.573 e. The van der Waals surface area contributed by atoms with Crippen molar-refractivity contribution < 1.29 is 54.1 Å². The number of halogens is 8. The van der Waals surface area contributed by atoms with E-state index < -0.39 is 64.6 Å². The summed E-state index contributed by atoms with van der Waals surface area (Å²) in [6.07, 6.45) is -7.98. The quantitative estimate of drug-likeness (QED) is 0.248. The molecule has 1 aliphatic carbocycles. The predicted molar refractivity (Wildman–Crippen MR) is 101 cm³/mol. The molecule has 0 unspecified atom stereocenters. The molecule has 1 saturated carbocycles. The molecule has 0 saturated heterocycles. The van der Waals surface area contributed by atoms with Crippen molar-refractivity contribution in [3.8, 4) is 11.5 Å². The Hall–Kier alpha value is -2.89. The summed E-state index contributed by atoms with van der Waals surface area (Å²) in [7, 11) is 0. The Balaban J connectivity index is 1.75. The topological polar surface area (TPSA) is 44.8 Å². The van der Waals surface area contributed by atoms with Crippen molar-refractivity contribution in [3.05, 3.63) is 58.9 Å². The zero-order valence-corrected chi connectivity index (χ0v) is 17.5. The number of benzene rings is 2. The summed E-state index contributed by atoms with van der Waals surface area (Å²) in [4.78, 5) is 12.1. The van der Waals surface area contributed by atoms with Crippen molar-refractivity contribution in [2.24, 2.45) is 5.92 Å². The predicted octanol–water partition coefficient (Wildman–Crippen LogP) is 6.87. The van der Waals surface area contributed by atoms with Crippen LogP contribution < -0.4 is 9.47 Å². The molecule has 0 radical (unpaired) electrons. The van der Waals surface area contributed by atoms with Crippen LogP contribution in [0.3, 0.4) is 0 Å². The van der Waals surface area contributed by atoms with E-state index in [0.717, 1.165) is 0 Å². The van der Waals surface area contributed by atoms with E-state index in [0.29, 0.717) is 49.8 Å². The number of hydrogen-bond acceptors (Lipinski definition) is 4. The highest BCUT2D eigenvalue weighted by molar-refractivity contribution is 5.91. The Morgan fingerprint density at radius 3 is 2.00 bits per heavy atom. The summed E-state index contributed by atoms with van der Waals surface area (Å²) in [5, 5.41) is 0. The number of rotatable bonds is 6. The molecule has 0 heterocycles. The van der Waals surface area contributed by atoms with Crippen LogP contribution in [0.4, 0.5) is 35.1 Å². The molecule has 0 spiro atoms. The zero-order valence-electron chi connectivity index (χ0n) is 17.5. The van der Waals surface area contributed by atoms with E-state index in [4.69, 9.17) is 4.74 Å². The van der Waals surface area contributed by atoms with Crippen LogP contribution in [0, 0.1) is 23.4 Å². The summed E-state index contributed by atoms with van der Waals surface area (Å²) >= 11 is 0. The lowest BCUT2D eigenvalue weighted by atomic mass is 9.89. The average molecular weight is 498 g/mol. The summed E-state index contributed by atoms with van der Waals surface area (Å²) in [6, 6.07) is 1.90. The summed E-state index contributed by atoms with van der Waals surface area (Å²) in [6.45, 7) is 1.97. The van der Waals surface area contributed by atoms with Gasteiger partial charge in [0, 0.05) is 6.07 Å². The highest BCUT2D eigenvalue weighted by Crippen LogP contribution is 2.37. The van der Waals surface area contributed by atoms with Crippen LogP contribution in [-0.4, -0.2) is 18.4 Å². The lowest BCUT2D eigenvalue weighted by molar-refractivity contribution is -0.278. The standard InChI is InChI=1S/C22H18F8O4/c1-11-2-4-13(5-3-11)33-21(26,27)12-8-16(24)19(17(25)9-12)20(31)32-14-6-7-18(15(23)10-14)34-22(28,29)30/h6-11,13H,2-5H2,1H3. The van der Waals surface area contributed by atoms with Crippen LogP contribution in [0.25, 0.3) is 0 Å². The van der Waals surface area contributed by atoms with Gasteiger partial charge < -0.3 is 14.2 Å². The van der Waals surface area contributed by atoms with Gasteiger partial charge in [-0.1, -0.05) is 6.92 Å². The summed E-state index contributed by atoms with van der Waals surface area (Å²) in [5.41, 5.74) is -2.51. The van der Waals surface area contributed by atoms with Gasteiger partial charge in [-0.2, -0.15) is 8.78 Å². The van der Waals surface area contributed by atoms with Crippen LogP contribution in [-0.2, 0) is 10.8 Å². The van der Waals surface area contributed by atoms with Gasteiger partial charge in [-0.3, -0.25) is 0 Å². The molecule has 34 heavy (non-hydrogen) atoms. The van der Waals surface area contributed by atoms with Crippen LogP contribution in [0.5, 0.6) is 11.5 Å². The molecule has 1 fully saturated rings. The number of esters is 1. The maximum atomic E-state index is 14.5. The minimum absolute atomic E-state index is 0.214. The molecule has 12 heteroatoms. The first-order chi connectivity index (χ1) is 15.7. The highest BCUT2D eigenvalue weighted by atomic mass is 19.4. The average Bonchev–Trinajstić information content (AvgIpc) is 2.70. The third-order valence-corrected chi connectivity index (χ3v) is 5.20. The van der Waals surface area contributed by atoms with Gasteiger partial charge in [0.1, 0.15) is 22.9 Å². The van der Waals surface area contributed by atoms with Gasteiger partial charge in [-0.25, -0.2) is 18.0 Å². The van der Waals surface area contributed by atoms with E-state index >= 15 is 0 Å². The third kappa shape index (κ3) is 6.37. The second-order valence-corrected chi connectivity index (χ2v) is 7.86. The second kappa shape index (κ2) is 9.77.